The summed E-state index contributed by atoms with van der Waals surface area (Å²) in [6, 6.07) is 7.13. The molecular formula is C14H21F3N2O. The minimum absolute atomic E-state index is 0.0248. The summed E-state index contributed by atoms with van der Waals surface area (Å²) in [6.45, 7) is 4.86. The normalized spacial score (nSPS) is 14.3. The first kappa shape index (κ1) is 16.9. The molecule has 1 unspecified atom stereocenters. The van der Waals surface area contributed by atoms with E-state index in [-0.39, 0.29) is 12.0 Å². The molecule has 0 fully saturated rings. The lowest BCUT2D eigenvalue weighted by Crippen LogP contribution is -2.32. The minimum Gasteiger partial charge on any atom is -0.370 e. The highest BCUT2D eigenvalue weighted by Crippen LogP contribution is 2.24. The lowest BCUT2D eigenvalue weighted by atomic mass is 9.86. The molecule has 1 rings (SSSR count). The fourth-order valence-corrected chi connectivity index (χ4v) is 1.75. The van der Waals surface area contributed by atoms with Crippen LogP contribution in [0.15, 0.2) is 24.3 Å². The second kappa shape index (κ2) is 6.56. The molecule has 1 aromatic rings. The Morgan fingerprint density at radius 3 is 2.10 bits per heavy atom. The van der Waals surface area contributed by atoms with Crippen LogP contribution in [-0.2, 0) is 10.2 Å². The van der Waals surface area contributed by atoms with Crippen molar-refractivity contribution in [3.05, 3.63) is 35.4 Å². The molecule has 1 aromatic carbocycles. The summed E-state index contributed by atoms with van der Waals surface area (Å²) < 4.78 is 40.7. The van der Waals surface area contributed by atoms with Gasteiger partial charge in [0, 0.05) is 0 Å². The zero-order chi connectivity index (χ0) is 15.4. The van der Waals surface area contributed by atoms with Crippen molar-refractivity contribution in [2.75, 3.05) is 13.2 Å². The SMILES string of the molecule is CC(C)(C)c1ccc(C(COCC(F)(F)F)NN)cc1. The summed E-state index contributed by atoms with van der Waals surface area (Å²) in [5, 5.41) is 0. The Bertz CT molecular complexity index is 410. The summed E-state index contributed by atoms with van der Waals surface area (Å²) >= 11 is 0. The maximum atomic E-state index is 12.0. The number of alkyl halides is 3. The number of halogens is 3. The first-order chi connectivity index (χ1) is 9.13. The number of hydrogen-bond donors (Lipinski definition) is 2. The Labute approximate surface area is 117 Å². The Hall–Kier alpha value is -1.11. The largest absolute Gasteiger partial charge is 0.411 e. The molecule has 0 aliphatic carbocycles. The van der Waals surface area contributed by atoms with E-state index in [2.05, 4.69) is 30.9 Å². The number of nitrogens with one attached hydrogen (secondary N) is 1. The average molecular weight is 290 g/mol. The van der Waals surface area contributed by atoms with Gasteiger partial charge >= 0.3 is 6.18 Å². The third kappa shape index (κ3) is 5.48. The number of hydrogen-bond acceptors (Lipinski definition) is 3. The number of rotatable bonds is 5. The smallest absolute Gasteiger partial charge is 0.370 e. The van der Waals surface area contributed by atoms with Crippen molar-refractivity contribution in [1.29, 1.82) is 0 Å². The highest BCUT2D eigenvalue weighted by atomic mass is 19.4. The van der Waals surface area contributed by atoms with Crippen molar-refractivity contribution in [2.45, 2.75) is 38.4 Å². The summed E-state index contributed by atoms with van der Waals surface area (Å²) in [4.78, 5) is 0. The van der Waals surface area contributed by atoms with Crippen molar-refractivity contribution in [3.8, 4) is 0 Å². The van der Waals surface area contributed by atoms with E-state index < -0.39 is 18.8 Å². The van der Waals surface area contributed by atoms with Gasteiger partial charge in [0.25, 0.3) is 0 Å². The number of benzene rings is 1. The number of ether oxygens (including phenoxy) is 1. The van der Waals surface area contributed by atoms with Crippen molar-refractivity contribution in [3.63, 3.8) is 0 Å². The molecule has 6 heteroatoms. The van der Waals surface area contributed by atoms with E-state index in [1.807, 2.05) is 24.3 Å². The van der Waals surface area contributed by atoms with E-state index in [1.54, 1.807) is 0 Å². The van der Waals surface area contributed by atoms with Crippen molar-refractivity contribution in [1.82, 2.24) is 5.43 Å². The summed E-state index contributed by atoms with van der Waals surface area (Å²) in [7, 11) is 0. The van der Waals surface area contributed by atoms with Gasteiger partial charge in [0.1, 0.15) is 6.61 Å². The van der Waals surface area contributed by atoms with Crippen LogP contribution in [0.1, 0.15) is 37.9 Å². The van der Waals surface area contributed by atoms with Gasteiger partial charge in [-0.3, -0.25) is 11.3 Å². The Morgan fingerprint density at radius 1 is 1.15 bits per heavy atom. The van der Waals surface area contributed by atoms with Crippen LogP contribution in [0, 0.1) is 0 Å². The zero-order valence-electron chi connectivity index (χ0n) is 11.9. The van der Waals surface area contributed by atoms with Gasteiger partial charge in [-0.2, -0.15) is 13.2 Å². The molecule has 0 aliphatic rings. The first-order valence-electron chi connectivity index (χ1n) is 6.34. The van der Waals surface area contributed by atoms with Gasteiger partial charge in [0.15, 0.2) is 0 Å². The fourth-order valence-electron chi connectivity index (χ4n) is 1.75. The molecule has 0 saturated carbocycles. The summed E-state index contributed by atoms with van der Waals surface area (Å²) in [5.41, 5.74) is 4.44. The highest BCUT2D eigenvalue weighted by Gasteiger charge is 2.28. The molecule has 114 valence electrons. The monoisotopic (exact) mass is 290 g/mol. The second-order valence-electron chi connectivity index (χ2n) is 5.72. The molecule has 3 nitrogen and oxygen atoms in total. The molecule has 20 heavy (non-hydrogen) atoms. The first-order valence-corrected chi connectivity index (χ1v) is 6.34. The van der Waals surface area contributed by atoms with Gasteiger partial charge in [0.2, 0.25) is 0 Å². The molecule has 0 aliphatic heterocycles. The fraction of sp³-hybridized carbons (Fsp3) is 0.571. The van der Waals surface area contributed by atoms with Crippen LogP contribution in [0.2, 0.25) is 0 Å². The van der Waals surface area contributed by atoms with Gasteiger partial charge in [0.05, 0.1) is 12.6 Å². The van der Waals surface area contributed by atoms with Crippen LogP contribution in [-0.4, -0.2) is 19.4 Å². The zero-order valence-corrected chi connectivity index (χ0v) is 11.9. The van der Waals surface area contributed by atoms with E-state index in [0.717, 1.165) is 11.1 Å². The minimum atomic E-state index is -4.32. The molecule has 0 spiro atoms. The van der Waals surface area contributed by atoms with Crippen LogP contribution in [0.5, 0.6) is 0 Å². The quantitative estimate of drug-likeness (QED) is 0.647. The van der Waals surface area contributed by atoms with E-state index >= 15 is 0 Å². The van der Waals surface area contributed by atoms with Crippen molar-refractivity contribution in [2.24, 2.45) is 5.84 Å². The van der Waals surface area contributed by atoms with E-state index in [0.29, 0.717) is 0 Å². The van der Waals surface area contributed by atoms with E-state index in [9.17, 15) is 13.2 Å². The molecule has 0 amide bonds. The Kier molecular flexibility index (Phi) is 5.56. The van der Waals surface area contributed by atoms with E-state index in [1.165, 1.54) is 0 Å². The molecule has 3 N–H and O–H groups in total. The maximum Gasteiger partial charge on any atom is 0.411 e. The lowest BCUT2D eigenvalue weighted by Gasteiger charge is -2.21. The third-order valence-corrected chi connectivity index (χ3v) is 2.93. The lowest BCUT2D eigenvalue weighted by molar-refractivity contribution is -0.175. The highest BCUT2D eigenvalue weighted by molar-refractivity contribution is 5.29. The molecule has 0 bridgehead atoms. The average Bonchev–Trinajstić information content (AvgIpc) is 2.32. The van der Waals surface area contributed by atoms with Crippen molar-refractivity contribution < 1.29 is 17.9 Å². The molecule has 0 heterocycles. The van der Waals surface area contributed by atoms with Gasteiger partial charge < -0.3 is 4.74 Å². The topological polar surface area (TPSA) is 47.3 Å². The molecule has 0 aromatic heterocycles. The van der Waals surface area contributed by atoms with Gasteiger partial charge in [-0.25, -0.2) is 0 Å². The number of hydrazine groups is 1. The standard InChI is InChI=1S/C14H21F3N2O/c1-13(2,3)11-6-4-10(5-7-11)12(19-18)8-20-9-14(15,16)17/h4-7,12,19H,8-9,18H2,1-3H3. The van der Waals surface area contributed by atoms with Gasteiger partial charge in [-0.05, 0) is 16.5 Å². The molecule has 0 saturated heterocycles. The van der Waals surface area contributed by atoms with Gasteiger partial charge in [-0.15, -0.1) is 0 Å². The Balaban J connectivity index is 2.66. The van der Waals surface area contributed by atoms with Crippen LogP contribution in [0.4, 0.5) is 13.2 Å². The van der Waals surface area contributed by atoms with Crippen LogP contribution in [0.25, 0.3) is 0 Å². The summed E-state index contributed by atoms with van der Waals surface area (Å²) in [5.74, 6) is 5.37. The molecule has 0 radical (unpaired) electrons. The van der Waals surface area contributed by atoms with Crippen LogP contribution >= 0.6 is 0 Å². The van der Waals surface area contributed by atoms with Crippen LogP contribution in [0.3, 0.4) is 0 Å². The predicted molar refractivity (Wildman–Crippen MR) is 72.1 cm³/mol. The maximum absolute atomic E-state index is 12.0. The van der Waals surface area contributed by atoms with Gasteiger partial charge in [-0.1, -0.05) is 45.0 Å². The molecule has 1 atom stereocenters. The second-order valence-corrected chi connectivity index (χ2v) is 5.72. The van der Waals surface area contributed by atoms with E-state index in [4.69, 9.17) is 5.84 Å². The Morgan fingerprint density at radius 2 is 1.70 bits per heavy atom. The van der Waals surface area contributed by atoms with Crippen LogP contribution < -0.4 is 11.3 Å². The molecular weight excluding hydrogens is 269 g/mol. The number of nitrogens with two attached hydrogens (primary N) is 1. The summed E-state index contributed by atoms with van der Waals surface area (Å²) in [6.07, 6.45) is -4.32. The predicted octanol–water partition coefficient (Wildman–Crippen LogP) is 3.07. The van der Waals surface area contributed by atoms with Crippen molar-refractivity contribution >= 4 is 0 Å². The third-order valence-electron chi connectivity index (χ3n) is 2.93.